The maximum Gasteiger partial charge on any atom is 0.251 e. The standard InChI is InChI=1S/C22H26N2O4/c1-14(2)27-20-10-9-17(11-21(20)26-4)22(25)23-13-18-12-19(24-28-18)16-7-5-15(3)6-8-16/h5-11,14,18H,12-13H2,1-4H3,(H,23,25)/t18-/m1/s1. The summed E-state index contributed by atoms with van der Waals surface area (Å²) < 4.78 is 11.0. The largest absolute Gasteiger partial charge is 0.493 e. The zero-order chi connectivity index (χ0) is 20.1. The molecule has 1 N–H and O–H groups in total. The van der Waals surface area contributed by atoms with Crippen molar-refractivity contribution in [3.05, 3.63) is 59.2 Å². The zero-order valence-corrected chi connectivity index (χ0v) is 16.7. The molecule has 1 atom stereocenters. The van der Waals surface area contributed by atoms with Gasteiger partial charge in [0, 0.05) is 12.0 Å². The van der Waals surface area contributed by atoms with Crippen molar-refractivity contribution in [3.8, 4) is 11.5 Å². The summed E-state index contributed by atoms with van der Waals surface area (Å²) in [5.74, 6) is 0.953. The van der Waals surface area contributed by atoms with Crippen molar-refractivity contribution >= 4 is 11.6 Å². The number of carbonyl (C=O) groups is 1. The molecule has 6 heteroatoms. The lowest BCUT2D eigenvalue weighted by Crippen LogP contribution is -2.32. The molecule has 6 nitrogen and oxygen atoms in total. The molecule has 28 heavy (non-hydrogen) atoms. The van der Waals surface area contributed by atoms with Gasteiger partial charge in [-0.1, -0.05) is 35.0 Å². The molecule has 0 saturated carbocycles. The van der Waals surface area contributed by atoms with Crippen molar-refractivity contribution in [2.45, 2.75) is 39.4 Å². The van der Waals surface area contributed by atoms with E-state index in [0.717, 1.165) is 11.3 Å². The first-order chi connectivity index (χ1) is 13.5. The van der Waals surface area contributed by atoms with Gasteiger partial charge in [-0.3, -0.25) is 4.79 Å². The molecule has 0 aromatic heterocycles. The molecule has 2 aromatic carbocycles. The summed E-state index contributed by atoms with van der Waals surface area (Å²) in [6.45, 7) is 6.30. The van der Waals surface area contributed by atoms with Gasteiger partial charge in [-0.15, -0.1) is 0 Å². The molecular weight excluding hydrogens is 356 g/mol. The molecule has 0 spiro atoms. The van der Waals surface area contributed by atoms with Gasteiger partial charge in [0.15, 0.2) is 11.5 Å². The third-order valence-electron chi connectivity index (χ3n) is 4.40. The van der Waals surface area contributed by atoms with Gasteiger partial charge in [0.25, 0.3) is 5.91 Å². The fourth-order valence-corrected chi connectivity index (χ4v) is 2.92. The topological polar surface area (TPSA) is 69.2 Å². The highest BCUT2D eigenvalue weighted by molar-refractivity contribution is 6.01. The lowest BCUT2D eigenvalue weighted by Gasteiger charge is -2.15. The Bertz CT molecular complexity index is 859. The Morgan fingerprint density at radius 2 is 1.96 bits per heavy atom. The molecule has 0 bridgehead atoms. The molecule has 1 aliphatic heterocycles. The number of hydrogen-bond donors (Lipinski definition) is 1. The van der Waals surface area contributed by atoms with Gasteiger partial charge in [0.2, 0.25) is 0 Å². The highest BCUT2D eigenvalue weighted by Crippen LogP contribution is 2.29. The van der Waals surface area contributed by atoms with E-state index in [1.807, 2.05) is 45.0 Å². The molecule has 1 aliphatic rings. The molecule has 0 aliphatic carbocycles. The Morgan fingerprint density at radius 1 is 1.21 bits per heavy atom. The van der Waals surface area contributed by atoms with Gasteiger partial charge in [-0.2, -0.15) is 0 Å². The van der Waals surface area contributed by atoms with E-state index in [2.05, 4.69) is 10.5 Å². The number of rotatable bonds is 7. The number of hydrogen-bond acceptors (Lipinski definition) is 5. The van der Waals surface area contributed by atoms with E-state index in [4.69, 9.17) is 14.3 Å². The minimum atomic E-state index is -0.193. The molecule has 0 fully saturated rings. The van der Waals surface area contributed by atoms with E-state index in [1.165, 1.54) is 5.56 Å². The quantitative estimate of drug-likeness (QED) is 0.793. The van der Waals surface area contributed by atoms with Gasteiger partial charge in [-0.05, 0) is 44.5 Å². The van der Waals surface area contributed by atoms with Crippen LogP contribution in [0.5, 0.6) is 11.5 Å². The van der Waals surface area contributed by atoms with E-state index < -0.39 is 0 Å². The summed E-state index contributed by atoms with van der Waals surface area (Å²) in [5, 5.41) is 7.06. The van der Waals surface area contributed by atoms with Crippen LogP contribution in [0.4, 0.5) is 0 Å². The second-order valence-electron chi connectivity index (χ2n) is 7.08. The van der Waals surface area contributed by atoms with Gasteiger partial charge in [0.1, 0.15) is 6.10 Å². The Labute approximate surface area is 165 Å². The predicted octanol–water partition coefficient (Wildman–Crippen LogP) is 3.71. The third kappa shape index (κ3) is 4.82. The normalized spacial score (nSPS) is 15.8. The first-order valence-electron chi connectivity index (χ1n) is 9.39. The number of carbonyl (C=O) groups excluding carboxylic acids is 1. The van der Waals surface area contributed by atoms with Crippen molar-refractivity contribution in [1.29, 1.82) is 0 Å². The third-order valence-corrected chi connectivity index (χ3v) is 4.40. The molecular formula is C22H26N2O4. The van der Waals surface area contributed by atoms with Crippen molar-refractivity contribution in [2.75, 3.05) is 13.7 Å². The van der Waals surface area contributed by atoms with Crippen LogP contribution in [0, 0.1) is 6.92 Å². The molecule has 148 valence electrons. The number of benzene rings is 2. The molecule has 0 saturated heterocycles. The smallest absolute Gasteiger partial charge is 0.251 e. The highest BCUT2D eigenvalue weighted by Gasteiger charge is 2.23. The van der Waals surface area contributed by atoms with Gasteiger partial charge in [-0.25, -0.2) is 0 Å². The van der Waals surface area contributed by atoms with Crippen LogP contribution >= 0.6 is 0 Å². The lowest BCUT2D eigenvalue weighted by atomic mass is 10.0. The number of aryl methyl sites for hydroxylation is 1. The first-order valence-corrected chi connectivity index (χ1v) is 9.39. The van der Waals surface area contributed by atoms with E-state index in [9.17, 15) is 4.79 Å². The number of methoxy groups -OCH3 is 1. The van der Waals surface area contributed by atoms with Crippen LogP contribution in [-0.2, 0) is 4.84 Å². The molecule has 2 aromatic rings. The van der Waals surface area contributed by atoms with Crippen LogP contribution in [0.1, 0.15) is 41.8 Å². The monoisotopic (exact) mass is 382 g/mol. The zero-order valence-electron chi connectivity index (χ0n) is 16.7. The van der Waals surface area contributed by atoms with Crippen LogP contribution in [0.3, 0.4) is 0 Å². The van der Waals surface area contributed by atoms with Crippen LogP contribution in [0.25, 0.3) is 0 Å². The number of oxime groups is 1. The Balaban J connectivity index is 1.55. The average molecular weight is 382 g/mol. The Hall–Kier alpha value is -3.02. The number of amides is 1. The van der Waals surface area contributed by atoms with Crippen LogP contribution in [-0.4, -0.2) is 37.5 Å². The number of ether oxygens (including phenoxy) is 2. The maximum atomic E-state index is 12.5. The summed E-state index contributed by atoms with van der Waals surface area (Å²) in [4.78, 5) is 18.0. The predicted molar refractivity (Wildman–Crippen MR) is 108 cm³/mol. The summed E-state index contributed by atoms with van der Waals surface area (Å²) in [6.07, 6.45) is 0.509. The van der Waals surface area contributed by atoms with E-state index in [-0.39, 0.29) is 18.1 Å². The summed E-state index contributed by atoms with van der Waals surface area (Å²) in [7, 11) is 1.56. The van der Waals surface area contributed by atoms with E-state index in [0.29, 0.717) is 30.0 Å². The summed E-state index contributed by atoms with van der Waals surface area (Å²) >= 11 is 0. The van der Waals surface area contributed by atoms with Crippen molar-refractivity contribution in [3.63, 3.8) is 0 Å². The van der Waals surface area contributed by atoms with E-state index >= 15 is 0 Å². The first kappa shape index (κ1) is 19.7. The Kier molecular flexibility index (Phi) is 6.19. The fourth-order valence-electron chi connectivity index (χ4n) is 2.92. The average Bonchev–Trinajstić information content (AvgIpc) is 3.15. The fraction of sp³-hybridized carbons (Fsp3) is 0.364. The van der Waals surface area contributed by atoms with Crippen molar-refractivity contribution in [1.82, 2.24) is 5.32 Å². The molecule has 3 rings (SSSR count). The maximum absolute atomic E-state index is 12.5. The minimum Gasteiger partial charge on any atom is -0.493 e. The van der Waals surface area contributed by atoms with Crippen molar-refractivity contribution in [2.24, 2.45) is 5.16 Å². The number of nitrogens with zero attached hydrogens (tertiary/aromatic N) is 1. The molecule has 1 amide bonds. The molecule has 0 unspecified atom stereocenters. The summed E-state index contributed by atoms with van der Waals surface area (Å²) in [5.41, 5.74) is 3.65. The SMILES string of the molecule is COc1cc(C(=O)NC[C@H]2CC(c3ccc(C)cc3)=NO2)ccc1OC(C)C. The van der Waals surface area contributed by atoms with Gasteiger partial charge in [0.05, 0.1) is 25.5 Å². The number of nitrogens with one attached hydrogen (secondary N) is 1. The lowest BCUT2D eigenvalue weighted by molar-refractivity contribution is 0.0753. The van der Waals surface area contributed by atoms with Crippen molar-refractivity contribution < 1.29 is 19.1 Å². The second kappa shape index (κ2) is 8.78. The Morgan fingerprint density at radius 3 is 2.64 bits per heavy atom. The highest BCUT2D eigenvalue weighted by atomic mass is 16.6. The van der Waals surface area contributed by atoms with Crippen LogP contribution in [0.15, 0.2) is 47.6 Å². The second-order valence-corrected chi connectivity index (χ2v) is 7.08. The van der Waals surface area contributed by atoms with Gasteiger partial charge < -0.3 is 19.6 Å². The van der Waals surface area contributed by atoms with Crippen LogP contribution < -0.4 is 14.8 Å². The van der Waals surface area contributed by atoms with Gasteiger partial charge >= 0.3 is 0 Å². The van der Waals surface area contributed by atoms with Crippen LogP contribution in [0.2, 0.25) is 0 Å². The van der Waals surface area contributed by atoms with E-state index in [1.54, 1.807) is 25.3 Å². The minimum absolute atomic E-state index is 0.0239. The molecule has 0 radical (unpaired) electrons. The summed E-state index contributed by atoms with van der Waals surface area (Å²) in [6, 6.07) is 13.3. The molecule has 1 heterocycles.